The van der Waals surface area contributed by atoms with E-state index in [1.807, 2.05) is 48.5 Å². The van der Waals surface area contributed by atoms with Gasteiger partial charge >= 0.3 is 5.97 Å². The molecule has 0 radical (unpaired) electrons. The SMILES string of the molecule is C=C(C(=O)N1CC2C3(c4ccccc4)CCC(c4ccccc43)C2(C(=O)O)C1)c1ccccc1OC. The van der Waals surface area contributed by atoms with Crippen LogP contribution >= 0.6 is 0 Å². The second kappa shape index (κ2) is 8.09. The van der Waals surface area contributed by atoms with Gasteiger partial charge in [0.2, 0.25) is 0 Å². The van der Waals surface area contributed by atoms with Gasteiger partial charge in [-0.25, -0.2) is 0 Å². The predicted molar refractivity (Wildman–Crippen MR) is 138 cm³/mol. The Labute approximate surface area is 211 Å². The Morgan fingerprint density at radius 2 is 1.69 bits per heavy atom. The third-order valence-electron chi connectivity index (χ3n) is 9.00. The summed E-state index contributed by atoms with van der Waals surface area (Å²) in [7, 11) is 1.57. The van der Waals surface area contributed by atoms with Gasteiger partial charge in [0, 0.05) is 41.5 Å². The van der Waals surface area contributed by atoms with Crippen molar-refractivity contribution in [3.8, 4) is 5.75 Å². The van der Waals surface area contributed by atoms with Crippen LogP contribution in [-0.4, -0.2) is 42.1 Å². The van der Waals surface area contributed by atoms with Gasteiger partial charge in [0.1, 0.15) is 5.75 Å². The standard InChI is InChI=1S/C31H29NO4/c1-20(22-12-7-9-15-26(22)36-2)28(33)32-18-27-30(21-10-4-3-5-11-21)17-16-25(31(27,19-32)29(34)35)23-13-6-8-14-24(23)30/h3-15,25,27H,1,16-19H2,2H3,(H,34,35). The van der Waals surface area contributed by atoms with Crippen LogP contribution in [0.3, 0.4) is 0 Å². The first-order valence-electron chi connectivity index (χ1n) is 12.4. The van der Waals surface area contributed by atoms with Crippen molar-refractivity contribution in [2.45, 2.75) is 24.2 Å². The fourth-order valence-electron chi connectivity index (χ4n) is 7.55. The lowest BCUT2D eigenvalue weighted by Crippen LogP contribution is -2.60. The maximum absolute atomic E-state index is 13.8. The number of rotatable bonds is 5. The number of para-hydroxylation sites is 1. The molecule has 1 heterocycles. The highest BCUT2D eigenvalue weighted by Crippen LogP contribution is 2.69. The van der Waals surface area contributed by atoms with Gasteiger partial charge in [-0.15, -0.1) is 0 Å². The van der Waals surface area contributed by atoms with Gasteiger partial charge in [0.25, 0.3) is 5.91 Å². The second-order valence-electron chi connectivity index (χ2n) is 10.3. The Balaban J connectivity index is 1.49. The molecule has 2 bridgehead atoms. The molecule has 5 heteroatoms. The van der Waals surface area contributed by atoms with Crippen LogP contribution in [0.5, 0.6) is 5.75 Å². The second-order valence-corrected chi connectivity index (χ2v) is 10.3. The molecule has 1 aliphatic heterocycles. The van der Waals surface area contributed by atoms with E-state index < -0.39 is 16.8 Å². The number of ether oxygens (including phenoxy) is 1. The fraction of sp³-hybridized carbons (Fsp3) is 0.290. The summed E-state index contributed by atoms with van der Waals surface area (Å²) in [5.41, 5.74) is 2.89. The van der Waals surface area contributed by atoms with Gasteiger partial charge in [-0.2, -0.15) is 0 Å². The predicted octanol–water partition coefficient (Wildman–Crippen LogP) is 5.12. The number of carbonyl (C=O) groups excluding carboxylic acids is 1. The van der Waals surface area contributed by atoms with Crippen molar-refractivity contribution in [2.24, 2.45) is 11.3 Å². The smallest absolute Gasteiger partial charge is 0.312 e. The van der Waals surface area contributed by atoms with Crippen LogP contribution in [0.2, 0.25) is 0 Å². The molecule has 4 atom stereocenters. The quantitative estimate of drug-likeness (QED) is 0.516. The molecular formula is C31H29NO4. The number of benzene rings is 3. The molecule has 4 unspecified atom stereocenters. The molecule has 2 fully saturated rings. The van der Waals surface area contributed by atoms with Crippen LogP contribution in [0.15, 0.2) is 85.4 Å². The number of likely N-dealkylation sites (tertiary alicyclic amines) is 1. The molecule has 1 saturated carbocycles. The molecule has 3 aromatic rings. The van der Waals surface area contributed by atoms with Crippen LogP contribution in [0.1, 0.15) is 41.0 Å². The molecule has 3 aliphatic carbocycles. The first-order valence-corrected chi connectivity index (χ1v) is 12.4. The van der Waals surface area contributed by atoms with Crippen molar-refractivity contribution in [1.82, 2.24) is 4.90 Å². The number of fused-ring (bicyclic) bond motifs is 1. The average molecular weight is 480 g/mol. The monoisotopic (exact) mass is 479 g/mol. The first-order chi connectivity index (χ1) is 17.4. The largest absolute Gasteiger partial charge is 0.496 e. The molecule has 0 spiro atoms. The number of aliphatic carboxylic acids is 1. The van der Waals surface area contributed by atoms with Crippen LogP contribution < -0.4 is 4.74 Å². The maximum atomic E-state index is 13.8. The van der Waals surface area contributed by atoms with E-state index in [1.54, 1.807) is 18.1 Å². The minimum Gasteiger partial charge on any atom is -0.496 e. The summed E-state index contributed by atoms with van der Waals surface area (Å²) in [4.78, 5) is 28.8. The number of carboxylic acid groups (broad SMARTS) is 1. The highest BCUT2D eigenvalue weighted by Gasteiger charge is 2.70. The van der Waals surface area contributed by atoms with Crippen LogP contribution in [-0.2, 0) is 15.0 Å². The normalized spacial score (nSPS) is 27.8. The summed E-state index contributed by atoms with van der Waals surface area (Å²) in [6, 6.07) is 25.9. The van der Waals surface area contributed by atoms with Crippen molar-refractivity contribution in [3.63, 3.8) is 0 Å². The molecule has 36 heavy (non-hydrogen) atoms. The van der Waals surface area contributed by atoms with Crippen molar-refractivity contribution < 1.29 is 19.4 Å². The third kappa shape index (κ3) is 2.83. The highest BCUT2D eigenvalue weighted by atomic mass is 16.5. The molecule has 4 aliphatic rings. The number of methoxy groups -OCH3 is 1. The van der Waals surface area contributed by atoms with Gasteiger partial charge < -0.3 is 14.7 Å². The Bertz CT molecular complexity index is 1380. The number of hydrogen-bond donors (Lipinski definition) is 1. The molecule has 5 nitrogen and oxygen atoms in total. The Kier molecular flexibility index (Phi) is 5.08. The fourth-order valence-corrected chi connectivity index (χ4v) is 7.55. The number of carboxylic acids is 1. The number of carbonyl (C=O) groups is 2. The average Bonchev–Trinajstić information content (AvgIpc) is 3.37. The lowest BCUT2D eigenvalue weighted by molar-refractivity contribution is -0.157. The molecule has 1 N–H and O–H groups in total. The van der Waals surface area contributed by atoms with Gasteiger partial charge in [-0.05, 0) is 35.6 Å². The Morgan fingerprint density at radius 3 is 2.44 bits per heavy atom. The van der Waals surface area contributed by atoms with E-state index in [9.17, 15) is 14.7 Å². The summed E-state index contributed by atoms with van der Waals surface area (Å²) >= 11 is 0. The van der Waals surface area contributed by atoms with Crippen LogP contribution in [0, 0.1) is 11.3 Å². The number of nitrogens with zero attached hydrogens (tertiary/aromatic N) is 1. The minimum atomic E-state index is -1.06. The number of amides is 1. The Morgan fingerprint density at radius 1 is 1.00 bits per heavy atom. The van der Waals surface area contributed by atoms with E-state index in [0.717, 1.165) is 24.0 Å². The zero-order valence-electron chi connectivity index (χ0n) is 20.3. The van der Waals surface area contributed by atoms with Crippen LogP contribution in [0.4, 0.5) is 0 Å². The van der Waals surface area contributed by atoms with E-state index in [4.69, 9.17) is 4.74 Å². The summed E-state index contributed by atoms with van der Waals surface area (Å²) in [6.07, 6.45) is 1.65. The molecule has 3 aromatic carbocycles. The molecule has 0 aromatic heterocycles. The van der Waals surface area contributed by atoms with Crippen molar-refractivity contribution in [1.29, 1.82) is 0 Å². The van der Waals surface area contributed by atoms with E-state index >= 15 is 0 Å². The first kappa shape index (κ1) is 22.6. The van der Waals surface area contributed by atoms with Gasteiger partial charge in [-0.1, -0.05) is 79.4 Å². The Hall–Kier alpha value is -3.86. The third-order valence-corrected chi connectivity index (χ3v) is 9.00. The van der Waals surface area contributed by atoms with Crippen molar-refractivity contribution in [2.75, 3.05) is 20.2 Å². The molecule has 1 saturated heterocycles. The number of hydrogen-bond acceptors (Lipinski definition) is 3. The summed E-state index contributed by atoms with van der Waals surface area (Å²) in [5.74, 6) is -0.855. The van der Waals surface area contributed by atoms with Gasteiger partial charge in [-0.3, -0.25) is 9.59 Å². The lowest BCUT2D eigenvalue weighted by atomic mass is 9.42. The van der Waals surface area contributed by atoms with Crippen LogP contribution in [0.25, 0.3) is 5.57 Å². The summed E-state index contributed by atoms with van der Waals surface area (Å²) < 4.78 is 5.47. The topological polar surface area (TPSA) is 66.8 Å². The zero-order chi connectivity index (χ0) is 25.1. The molecule has 1 amide bonds. The van der Waals surface area contributed by atoms with Gasteiger partial charge in [0.15, 0.2) is 0 Å². The molecule has 7 rings (SSSR count). The van der Waals surface area contributed by atoms with Crippen molar-refractivity contribution >= 4 is 17.4 Å². The summed E-state index contributed by atoms with van der Waals surface area (Å²) in [6.45, 7) is 4.66. The molecule has 182 valence electrons. The van der Waals surface area contributed by atoms with E-state index in [2.05, 4.69) is 30.8 Å². The van der Waals surface area contributed by atoms with Crippen molar-refractivity contribution in [3.05, 3.63) is 108 Å². The summed E-state index contributed by atoms with van der Waals surface area (Å²) in [5, 5.41) is 10.9. The van der Waals surface area contributed by atoms with E-state index in [-0.39, 0.29) is 24.3 Å². The highest BCUT2D eigenvalue weighted by molar-refractivity contribution is 6.19. The maximum Gasteiger partial charge on any atom is 0.312 e. The minimum absolute atomic E-state index is 0.140. The van der Waals surface area contributed by atoms with E-state index in [0.29, 0.717) is 23.4 Å². The van der Waals surface area contributed by atoms with E-state index in [1.165, 1.54) is 5.56 Å². The van der Waals surface area contributed by atoms with Gasteiger partial charge in [0.05, 0.1) is 12.5 Å². The lowest BCUT2D eigenvalue weighted by Gasteiger charge is -2.59. The zero-order valence-corrected chi connectivity index (χ0v) is 20.3. The molecular weight excluding hydrogens is 450 g/mol.